The highest BCUT2D eigenvalue weighted by molar-refractivity contribution is 5.81. The Morgan fingerprint density at radius 2 is 2.18 bits per heavy atom. The van der Waals surface area contributed by atoms with Crippen LogP contribution in [-0.4, -0.2) is 19.7 Å². The molecule has 0 bridgehead atoms. The molecule has 3 heterocycles. The van der Waals surface area contributed by atoms with Crippen molar-refractivity contribution in [2.75, 3.05) is 0 Å². The summed E-state index contributed by atoms with van der Waals surface area (Å²) in [5.41, 5.74) is 5.87. The lowest BCUT2D eigenvalue weighted by atomic mass is 10.0. The quantitative estimate of drug-likeness (QED) is 0.537. The highest BCUT2D eigenvalue weighted by Gasteiger charge is 2.23. The van der Waals surface area contributed by atoms with Gasteiger partial charge in [0.1, 0.15) is 0 Å². The first kappa shape index (κ1) is 8.75. The lowest BCUT2D eigenvalue weighted by Gasteiger charge is -1.99. The molecule has 3 aromatic rings. The van der Waals surface area contributed by atoms with Crippen LogP contribution in [0.5, 0.6) is 0 Å². The first-order chi connectivity index (χ1) is 8.43. The van der Waals surface area contributed by atoms with Gasteiger partial charge in [-0.05, 0) is 5.56 Å². The van der Waals surface area contributed by atoms with Gasteiger partial charge in [-0.15, -0.1) is 0 Å². The molecular formula is C13H10N4. The number of imidazole rings is 1. The van der Waals surface area contributed by atoms with Crippen LogP contribution in [0.2, 0.25) is 0 Å². The van der Waals surface area contributed by atoms with Crippen molar-refractivity contribution in [1.29, 1.82) is 0 Å². The lowest BCUT2D eigenvalue weighted by molar-refractivity contribution is 0.840. The lowest BCUT2D eigenvalue weighted by Crippen LogP contribution is -1.88. The van der Waals surface area contributed by atoms with Crippen molar-refractivity contribution in [3.63, 3.8) is 0 Å². The van der Waals surface area contributed by atoms with E-state index < -0.39 is 0 Å². The Morgan fingerprint density at radius 3 is 3.06 bits per heavy atom. The van der Waals surface area contributed by atoms with Gasteiger partial charge in [-0.2, -0.15) is 5.10 Å². The summed E-state index contributed by atoms with van der Waals surface area (Å²) in [5.74, 6) is 0. The molecule has 4 rings (SSSR count). The molecule has 0 saturated heterocycles. The third-order valence-corrected chi connectivity index (χ3v) is 3.22. The summed E-state index contributed by atoms with van der Waals surface area (Å²) in [5, 5.41) is 6.82. The predicted octanol–water partition coefficient (Wildman–Crippen LogP) is 2.30. The van der Waals surface area contributed by atoms with Gasteiger partial charge in [0.2, 0.25) is 0 Å². The summed E-state index contributed by atoms with van der Waals surface area (Å²) in [7, 11) is 0. The van der Waals surface area contributed by atoms with Crippen LogP contribution in [0.1, 0.15) is 5.56 Å². The van der Waals surface area contributed by atoms with E-state index in [0.717, 1.165) is 17.8 Å². The molecule has 0 unspecified atom stereocenters. The fraction of sp³-hybridized carbons (Fsp3) is 0.0769. The summed E-state index contributed by atoms with van der Waals surface area (Å²) in [4.78, 5) is 4.48. The number of hydrogen-bond acceptors (Lipinski definition) is 2. The molecule has 0 aliphatic carbocycles. The maximum atomic E-state index is 4.48. The molecule has 4 nitrogen and oxygen atoms in total. The third kappa shape index (κ3) is 1.12. The van der Waals surface area contributed by atoms with Crippen molar-refractivity contribution in [1.82, 2.24) is 19.7 Å². The van der Waals surface area contributed by atoms with Crippen LogP contribution >= 0.6 is 0 Å². The fourth-order valence-corrected chi connectivity index (χ4v) is 2.45. The normalized spacial score (nSPS) is 12.5. The van der Waals surface area contributed by atoms with E-state index in [1.165, 1.54) is 16.8 Å². The van der Waals surface area contributed by atoms with E-state index in [1.807, 2.05) is 18.7 Å². The van der Waals surface area contributed by atoms with Crippen LogP contribution in [0.25, 0.3) is 22.5 Å². The summed E-state index contributed by atoms with van der Waals surface area (Å²) in [6, 6.07) is 8.47. The van der Waals surface area contributed by atoms with E-state index in [9.17, 15) is 0 Å². The molecule has 1 aromatic carbocycles. The Balaban J connectivity index is 2.00. The second kappa shape index (κ2) is 3.07. The largest absolute Gasteiger partial charge is 0.326 e. The molecule has 2 aromatic heterocycles. The van der Waals surface area contributed by atoms with Crippen LogP contribution in [0.4, 0.5) is 0 Å². The van der Waals surface area contributed by atoms with E-state index >= 15 is 0 Å². The van der Waals surface area contributed by atoms with Crippen molar-refractivity contribution < 1.29 is 0 Å². The number of hydrogen-bond donors (Lipinski definition) is 1. The topological polar surface area (TPSA) is 46.5 Å². The van der Waals surface area contributed by atoms with Crippen LogP contribution in [0.15, 0.2) is 43.0 Å². The first-order valence-corrected chi connectivity index (χ1v) is 5.56. The van der Waals surface area contributed by atoms with Gasteiger partial charge >= 0.3 is 0 Å². The van der Waals surface area contributed by atoms with Gasteiger partial charge in [-0.3, -0.25) is 5.10 Å². The number of H-pyrrole nitrogens is 1. The molecule has 0 saturated carbocycles. The summed E-state index contributed by atoms with van der Waals surface area (Å²) >= 11 is 0. The van der Waals surface area contributed by atoms with Crippen molar-refractivity contribution in [2.24, 2.45) is 0 Å². The molecule has 4 heteroatoms. The Bertz CT molecular complexity index is 679. The highest BCUT2D eigenvalue weighted by atomic mass is 15.1. The summed E-state index contributed by atoms with van der Waals surface area (Å²) in [6.07, 6.45) is 5.59. The number of nitrogens with zero attached hydrogens (tertiary/aromatic N) is 3. The predicted molar refractivity (Wildman–Crippen MR) is 64.3 cm³/mol. The Labute approximate surface area is 97.9 Å². The van der Waals surface area contributed by atoms with Crippen molar-refractivity contribution in [3.8, 4) is 22.5 Å². The minimum Gasteiger partial charge on any atom is -0.326 e. The Morgan fingerprint density at radius 1 is 1.24 bits per heavy atom. The van der Waals surface area contributed by atoms with Crippen LogP contribution < -0.4 is 0 Å². The second-order valence-corrected chi connectivity index (χ2v) is 4.21. The molecule has 0 radical (unpaired) electrons. The molecular weight excluding hydrogens is 212 g/mol. The first-order valence-electron chi connectivity index (χ1n) is 5.56. The molecule has 0 atom stereocenters. The van der Waals surface area contributed by atoms with Gasteiger partial charge in [0.25, 0.3) is 0 Å². The molecule has 1 aliphatic heterocycles. The maximum absolute atomic E-state index is 4.48. The van der Waals surface area contributed by atoms with E-state index in [-0.39, 0.29) is 0 Å². The zero-order valence-corrected chi connectivity index (χ0v) is 9.09. The smallest absolute Gasteiger partial charge is 0.0994 e. The van der Waals surface area contributed by atoms with Crippen molar-refractivity contribution in [3.05, 3.63) is 48.5 Å². The molecule has 1 aliphatic rings. The van der Waals surface area contributed by atoms with Gasteiger partial charge in [-0.25, -0.2) is 4.98 Å². The number of aromatic amines is 1. The number of rotatable bonds is 1. The molecule has 0 fully saturated rings. The van der Waals surface area contributed by atoms with Gasteiger partial charge in [-0.1, -0.05) is 24.3 Å². The van der Waals surface area contributed by atoms with Crippen LogP contribution in [0.3, 0.4) is 0 Å². The van der Waals surface area contributed by atoms with Crippen LogP contribution in [0, 0.1) is 0 Å². The third-order valence-electron chi connectivity index (χ3n) is 3.22. The van der Waals surface area contributed by atoms with Crippen LogP contribution in [-0.2, 0) is 6.54 Å². The molecule has 17 heavy (non-hydrogen) atoms. The van der Waals surface area contributed by atoms with Crippen molar-refractivity contribution >= 4 is 0 Å². The Kier molecular flexibility index (Phi) is 1.58. The zero-order valence-electron chi connectivity index (χ0n) is 9.09. The average molecular weight is 222 g/mol. The maximum Gasteiger partial charge on any atom is 0.0994 e. The minimum absolute atomic E-state index is 0.913. The molecule has 1 N–H and O–H groups in total. The molecule has 0 amide bonds. The van der Waals surface area contributed by atoms with E-state index in [0.29, 0.717) is 0 Å². The highest BCUT2D eigenvalue weighted by Crippen LogP contribution is 2.37. The number of nitrogens with one attached hydrogen (secondary N) is 1. The van der Waals surface area contributed by atoms with Crippen molar-refractivity contribution in [2.45, 2.75) is 6.54 Å². The molecule has 0 spiro atoms. The number of aromatic nitrogens is 4. The summed E-state index contributed by atoms with van der Waals surface area (Å²) < 4.78 is 2.19. The van der Waals surface area contributed by atoms with Gasteiger partial charge < -0.3 is 4.57 Å². The van der Waals surface area contributed by atoms with Gasteiger partial charge in [0, 0.05) is 23.9 Å². The standard InChI is InChI=1S/C13H10N4/c1-2-4-11-9(3-1)7-17-8-14-12(13(11)17)10-5-15-16-6-10/h1-6,8H,7H2,(H,15,16). The number of benzene rings is 1. The van der Waals surface area contributed by atoms with E-state index in [2.05, 4.69) is 44.0 Å². The fourth-order valence-electron chi connectivity index (χ4n) is 2.45. The second-order valence-electron chi connectivity index (χ2n) is 4.21. The molecule has 82 valence electrons. The van der Waals surface area contributed by atoms with Gasteiger partial charge in [0.05, 0.1) is 23.9 Å². The zero-order chi connectivity index (χ0) is 11.2. The summed E-state index contributed by atoms with van der Waals surface area (Å²) in [6.45, 7) is 0.913. The monoisotopic (exact) mass is 222 g/mol. The number of fused-ring (bicyclic) bond motifs is 3. The van der Waals surface area contributed by atoms with E-state index in [1.54, 1.807) is 0 Å². The SMILES string of the molecule is c1ccc2c(c1)Cn1cnc(-c3cn[nH]c3)c1-2. The van der Waals surface area contributed by atoms with E-state index in [4.69, 9.17) is 0 Å². The van der Waals surface area contributed by atoms with Gasteiger partial charge in [0.15, 0.2) is 0 Å². The Hall–Kier alpha value is -2.36. The minimum atomic E-state index is 0.913. The average Bonchev–Trinajstić information content (AvgIpc) is 3.04.